The number of anilines is 1. The van der Waals surface area contributed by atoms with E-state index >= 15 is 0 Å². The van der Waals surface area contributed by atoms with Crippen LogP contribution in [-0.2, 0) is 9.53 Å². The highest BCUT2D eigenvalue weighted by Crippen LogP contribution is 2.35. The third kappa shape index (κ3) is 4.37. The number of carbonyl (C=O) groups excluding carboxylic acids is 2. The lowest BCUT2D eigenvalue weighted by Gasteiger charge is -2.14. The molecule has 3 rings (SSSR count). The van der Waals surface area contributed by atoms with E-state index in [1.54, 1.807) is 42.6 Å². The molecule has 0 radical (unpaired) electrons. The summed E-state index contributed by atoms with van der Waals surface area (Å²) >= 11 is 0. The summed E-state index contributed by atoms with van der Waals surface area (Å²) in [7, 11) is 4.29. The van der Waals surface area contributed by atoms with Crippen molar-refractivity contribution in [3.63, 3.8) is 0 Å². The lowest BCUT2D eigenvalue weighted by Crippen LogP contribution is -2.06. The first-order chi connectivity index (χ1) is 13.9. The maximum atomic E-state index is 12.1. The Labute approximate surface area is 167 Å². The van der Waals surface area contributed by atoms with Crippen molar-refractivity contribution in [1.82, 2.24) is 4.98 Å². The molecule has 0 aliphatic carbocycles. The number of fused-ring (bicyclic) bond motifs is 1. The van der Waals surface area contributed by atoms with Gasteiger partial charge in [0.1, 0.15) is 28.6 Å². The number of aromatic nitrogens is 1. The van der Waals surface area contributed by atoms with Crippen LogP contribution in [0.2, 0.25) is 0 Å². The van der Waals surface area contributed by atoms with Crippen LogP contribution >= 0.6 is 0 Å². The van der Waals surface area contributed by atoms with E-state index in [1.807, 2.05) is 0 Å². The zero-order valence-electron chi connectivity index (χ0n) is 16.4. The summed E-state index contributed by atoms with van der Waals surface area (Å²) < 4.78 is 21.4. The second kappa shape index (κ2) is 8.47. The Morgan fingerprint density at radius 2 is 1.69 bits per heavy atom. The summed E-state index contributed by atoms with van der Waals surface area (Å²) in [5, 5.41) is 3.30. The molecule has 1 N–H and O–H groups in total. The first-order valence-electron chi connectivity index (χ1n) is 8.64. The number of hydrogen-bond donors (Lipinski definition) is 1. The first kappa shape index (κ1) is 19.9. The van der Waals surface area contributed by atoms with Gasteiger partial charge in [0.15, 0.2) is 0 Å². The second-order valence-corrected chi connectivity index (χ2v) is 6.05. The average molecular weight is 396 g/mol. The van der Waals surface area contributed by atoms with Gasteiger partial charge in [-0.2, -0.15) is 0 Å². The molecule has 0 fully saturated rings. The molecule has 0 aliphatic heterocycles. The molecular weight excluding hydrogens is 376 g/mol. The molecule has 0 aliphatic rings. The standard InChI is InChI=1S/C21H20N2O6/c1-12(24)23-13-7-14(26-2)9-15(8-13)29-19-5-6-22-18-11-20(27-3)17(10-16(18)19)21(25)28-4/h5-11H,1-4H3,(H,23,24). The Hall–Kier alpha value is -3.81. The molecule has 1 amide bonds. The van der Waals surface area contributed by atoms with E-state index in [4.69, 9.17) is 18.9 Å². The molecule has 29 heavy (non-hydrogen) atoms. The van der Waals surface area contributed by atoms with Crippen LogP contribution < -0.4 is 19.5 Å². The van der Waals surface area contributed by atoms with Crippen molar-refractivity contribution >= 4 is 28.5 Å². The summed E-state index contributed by atoms with van der Waals surface area (Å²) in [5.41, 5.74) is 1.36. The summed E-state index contributed by atoms with van der Waals surface area (Å²) in [6.07, 6.45) is 1.59. The fourth-order valence-corrected chi connectivity index (χ4v) is 2.83. The minimum absolute atomic E-state index is 0.214. The number of carbonyl (C=O) groups is 2. The number of nitrogens with zero attached hydrogens (tertiary/aromatic N) is 1. The van der Waals surface area contributed by atoms with Gasteiger partial charge in [-0.3, -0.25) is 9.78 Å². The van der Waals surface area contributed by atoms with Gasteiger partial charge in [-0.1, -0.05) is 0 Å². The van der Waals surface area contributed by atoms with Crippen LogP contribution in [0.5, 0.6) is 23.0 Å². The normalized spacial score (nSPS) is 10.3. The maximum Gasteiger partial charge on any atom is 0.341 e. The Morgan fingerprint density at radius 3 is 2.34 bits per heavy atom. The third-order valence-electron chi connectivity index (χ3n) is 4.09. The molecule has 8 nitrogen and oxygen atoms in total. The fraction of sp³-hybridized carbons (Fsp3) is 0.190. The van der Waals surface area contributed by atoms with Crippen molar-refractivity contribution in [1.29, 1.82) is 0 Å². The van der Waals surface area contributed by atoms with E-state index < -0.39 is 5.97 Å². The smallest absolute Gasteiger partial charge is 0.341 e. The van der Waals surface area contributed by atoms with Gasteiger partial charge in [0, 0.05) is 48.5 Å². The lowest BCUT2D eigenvalue weighted by atomic mass is 10.1. The SMILES string of the molecule is COC(=O)c1cc2c(Oc3cc(NC(C)=O)cc(OC)c3)ccnc2cc1OC. The number of esters is 1. The number of benzene rings is 2. The Balaban J connectivity index is 2.08. The van der Waals surface area contributed by atoms with Gasteiger partial charge in [-0.05, 0) is 12.1 Å². The van der Waals surface area contributed by atoms with Crippen LogP contribution in [0.15, 0.2) is 42.6 Å². The maximum absolute atomic E-state index is 12.1. The number of pyridine rings is 1. The molecular formula is C21H20N2O6. The fourth-order valence-electron chi connectivity index (χ4n) is 2.83. The van der Waals surface area contributed by atoms with E-state index in [0.29, 0.717) is 39.6 Å². The highest BCUT2D eigenvalue weighted by Gasteiger charge is 2.17. The first-order valence-corrected chi connectivity index (χ1v) is 8.64. The molecule has 0 saturated carbocycles. The van der Waals surface area contributed by atoms with Crippen molar-refractivity contribution in [2.75, 3.05) is 26.6 Å². The van der Waals surface area contributed by atoms with Crippen molar-refractivity contribution in [3.05, 3.63) is 48.2 Å². The van der Waals surface area contributed by atoms with Gasteiger partial charge < -0.3 is 24.3 Å². The summed E-state index contributed by atoms with van der Waals surface area (Å²) in [5.74, 6) is 1.02. The Kier molecular flexibility index (Phi) is 5.82. The predicted octanol–water partition coefficient (Wildman–Crippen LogP) is 3.79. The van der Waals surface area contributed by atoms with Gasteiger partial charge in [-0.15, -0.1) is 0 Å². The molecule has 1 aromatic heterocycles. The van der Waals surface area contributed by atoms with Crippen LogP contribution in [0.3, 0.4) is 0 Å². The predicted molar refractivity (Wildman–Crippen MR) is 107 cm³/mol. The molecule has 1 heterocycles. The third-order valence-corrected chi connectivity index (χ3v) is 4.09. The van der Waals surface area contributed by atoms with Gasteiger partial charge in [-0.25, -0.2) is 4.79 Å². The van der Waals surface area contributed by atoms with Crippen LogP contribution in [0.4, 0.5) is 5.69 Å². The minimum atomic E-state index is -0.534. The van der Waals surface area contributed by atoms with E-state index in [-0.39, 0.29) is 11.5 Å². The molecule has 0 bridgehead atoms. The van der Waals surface area contributed by atoms with E-state index in [1.165, 1.54) is 28.3 Å². The van der Waals surface area contributed by atoms with Crippen LogP contribution in [-0.4, -0.2) is 38.2 Å². The molecule has 0 saturated heterocycles. The van der Waals surface area contributed by atoms with E-state index in [2.05, 4.69) is 10.3 Å². The van der Waals surface area contributed by atoms with Crippen molar-refractivity contribution in [3.8, 4) is 23.0 Å². The topological polar surface area (TPSA) is 96.0 Å². The quantitative estimate of drug-likeness (QED) is 0.633. The van der Waals surface area contributed by atoms with Crippen molar-refractivity contribution in [2.24, 2.45) is 0 Å². The summed E-state index contributed by atoms with van der Waals surface area (Å²) in [6.45, 7) is 1.41. The number of amides is 1. The Morgan fingerprint density at radius 1 is 0.931 bits per heavy atom. The van der Waals surface area contributed by atoms with Gasteiger partial charge >= 0.3 is 5.97 Å². The molecule has 150 valence electrons. The second-order valence-electron chi connectivity index (χ2n) is 6.05. The number of methoxy groups -OCH3 is 3. The van der Waals surface area contributed by atoms with E-state index in [0.717, 1.165) is 0 Å². The Bertz CT molecular complexity index is 1080. The zero-order valence-corrected chi connectivity index (χ0v) is 16.4. The van der Waals surface area contributed by atoms with Crippen molar-refractivity contribution < 1.29 is 28.5 Å². The van der Waals surface area contributed by atoms with E-state index in [9.17, 15) is 9.59 Å². The highest BCUT2D eigenvalue weighted by molar-refractivity contribution is 5.99. The lowest BCUT2D eigenvalue weighted by molar-refractivity contribution is -0.114. The largest absolute Gasteiger partial charge is 0.497 e. The number of hydrogen-bond acceptors (Lipinski definition) is 7. The van der Waals surface area contributed by atoms with Crippen LogP contribution in [0.1, 0.15) is 17.3 Å². The van der Waals surface area contributed by atoms with Crippen molar-refractivity contribution in [2.45, 2.75) is 6.92 Å². The van der Waals surface area contributed by atoms with Gasteiger partial charge in [0.2, 0.25) is 5.91 Å². The van der Waals surface area contributed by atoms with Gasteiger partial charge in [0.25, 0.3) is 0 Å². The summed E-state index contributed by atoms with van der Waals surface area (Å²) in [4.78, 5) is 27.8. The summed E-state index contributed by atoms with van der Waals surface area (Å²) in [6, 6.07) is 9.95. The molecule has 0 spiro atoms. The average Bonchev–Trinajstić information content (AvgIpc) is 2.71. The minimum Gasteiger partial charge on any atom is -0.497 e. The monoisotopic (exact) mass is 396 g/mol. The number of rotatable bonds is 6. The van der Waals surface area contributed by atoms with Crippen LogP contribution in [0.25, 0.3) is 10.9 Å². The molecule has 0 atom stereocenters. The zero-order chi connectivity index (χ0) is 21.0. The molecule has 2 aromatic carbocycles. The molecule has 3 aromatic rings. The number of ether oxygens (including phenoxy) is 4. The van der Waals surface area contributed by atoms with Gasteiger partial charge in [0.05, 0.1) is 26.8 Å². The molecule has 8 heteroatoms. The van der Waals surface area contributed by atoms with Crippen LogP contribution in [0, 0.1) is 0 Å². The number of nitrogens with one attached hydrogen (secondary N) is 1. The molecule has 0 unspecified atom stereocenters. The highest BCUT2D eigenvalue weighted by atomic mass is 16.5.